The van der Waals surface area contributed by atoms with Crippen LogP contribution in [0.4, 0.5) is 0 Å². The molecule has 6 unspecified atom stereocenters. The Kier molecular flexibility index (Phi) is 30.6. The highest BCUT2D eigenvalue weighted by atomic mass is 31.2. The molecule has 12 nitrogen and oxygen atoms in total. The number of allylic oxidation sites excluding steroid dienone is 6. The van der Waals surface area contributed by atoms with Gasteiger partial charge in [-0.05, 0) is 44.9 Å². The maximum atomic E-state index is 12.8. The summed E-state index contributed by atoms with van der Waals surface area (Å²) in [5.74, 6) is -0.506. The molecule has 1 aliphatic carbocycles. The van der Waals surface area contributed by atoms with E-state index in [0.717, 1.165) is 57.8 Å². The van der Waals surface area contributed by atoms with Gasteiger partial charge in [0.2, 0.25) is 0 Å². The number of hydrogen-bond donors (Lipinski definition) is 6. The Hall–Kier alpha value is -1.44. The number of aliphatic hydroxyl groups excluding tert-OH is 5. The van der Waals surface area contributed by atoms with Crippen LogP contribution in [0.25, 0.3) is 0 Å². The monoisotopic (exact) mass is 790 g/mol. The van der Waals surface area contributed by atoms with Crippen molar-refractivity contribution in [2.75, 3.05) is 19.8 Å². The fraction of sp³-hybridized carbons (Fsp3) is 0.829. The number of phosphoric acid groups is 1. The Morgan fingerprint density at radius 3 is 1.65 bits per heavy atom. The molecule has 0 aromatic rings. The summed E-state index contributed by atoms with van der Waals surface area (Å²) in [4.78, 5) is 23.0. The second kappa shape index (κ2) is 32.6. The van der Waals surface area contributed by atoms with Crippen molar-refractivity contribution in [1.29, 1.82) is 0 Å². The maximum Gasteiger partial charge on any atom is 0.472 e. The van der Waals surface area contributed by atoms with E-state index in [-0.39, 0.29) is 13.0 Å². The molecule has 1 saturated carbocycles. The average molecular weight is 791 g/mol. The number of carbonyl (C=O) groups is 1. The summed E-state index contributed by atoms with van der Waals surface area (Å²) in [6, 6.07) is 0. The van der Waals surface area contributed by atoms with Gasteiger partial charge in [0.25, 0.3) is 0 Å². The van der Waals surface area contributed by atoms with E-state index in [1.165, 1.54) is 70.6 Å². The van der Waals surface area contributed by atoms with Gasteiger partial charge in [0.05, 0.1) is 13.2 Å². The topological polar surface area (TPSA) is 192 Å². The van der Waals surface area contributed by atoms with Gasteiger partial charge in [-0.3, -0.25) is 13.8 Å². The van der Waals surface area contributed by atoms with Crippen LogP contribution in [0.15, 0.2) is 36.5 Å². The largest absolute Gasteiger partial charge is 0.472 e. The summed E-state index contributed by atoms with van der Waals surface area (Å²) in [6.07, 6.45) is 23.7. The van der Waals surface area contributed by atoms with E-state index in [0.29, 0.717) is 13.0 Å². The summed E-state index contributed by atoms with van der Waals surface area (Å²) in [6.45, 7) is 4.10. The predicted molar refractivity (Wildman–Crippen MR) is 212 cm³/mol. The minimum atomic E-state index is -5.02. The van der Waals surface area contributed by atoms with Crippen molar-refractivity contribution >= 4 is 13.8 Å². The zero-order valence-corrected chi connectivity index (χ0v) is 34.2. The quantitative estimate of drug-likeness (QED) is 0.0163. The third-order valence-electron chi connectivity index (χ3n) is 9.53. The van der Waals surface area contributed by atoms with Crippen LogP contribution in [-0.2, 0) is 27.9 Å². The molecule has 0 heterocycles. The number of ether oxygens (including phenoxy) is 2. The van der Waals surface area contributed by atoms with Gasteiger partial charge in [-0.1, -0.05) is 140 Å². The molecular formula is C41H75O12P. The van der Waals surface area contributed by atoms with E-state index in [1.807, 2.05) is 0 Å². The lowest BCUT2D eigenvalue weighted by Gasteiger charge is -2.41. The number of rotatable bonds is 34. The van der Waals surface area contributed by atoms with E-state index in [4.69, 9.17) is 18.5 Å². The number of carbonyl (C=O) groups excluding carboxylic acids is 1. The van der Waals surface area contributed by atoms with Gasteiger partial charge in [-0.25, -0.2) is 4.57 Å². The Balaban J connectivity index is 2.46. The Labute approximate surface area is 325 Å². The molecule has 316 valence electrons. The molecular weight excluding hydrogens is 715 g/mol. The van der Waals surface area contributed by atoms with Crippen molar-refractivity contribution in [3.8, 4) is 0 Å². The number of esters is 1. The molecule has 0 radical (unpaired) electrons. The summed E-state index contributed by atoms with van der Waals surface area (Å²) in [5.41, 5.74) is 0. The number of unbranched alkanes of at least 4 members (excludes halogenated alkanes) is 16. The normalized spacial score (nSPS) is 23.8. The number of hydrogen-bond acceptors (Lipinski definition) is 11. The summed E-state index contributed by atoms with van der Waals surface area (Å²) < 4.78 is 34.0. The predicted octanol–water partition coefficient (Wildman–Crippen LogP) is 7.53. The minimum absolute atomic E-state index is 0.0867. The zero-order valence-electron chi connectivity index (χ0n) is 33.3. The highest BCUT2D eigenvalue weighted by Gasteiger charge is 2.51. The van der Waals surface area contributed by atoms with Crippen LogP contribution in [-0.4, -0.2) is 98.9 Å². The van der Waals surface area contributed by atoms with Gasteiger partial charge >= 0.3 is 13.8 Å². The van der Waals surface area contributed by atoms with E-state index < -0.39 is 63.1 Å². The lowest BCUT2D eigenvalue weighted by molar-refractivity contribution is -0.220. The molecule has 0 amide bonds. The summed E-state index contributed by atoms with van der Waals surface area (Å²) >= 11 is 0. The van der Waals surface area contributed by atoms with Crippen LogP contribution in [0.5, 0.6) is 0 Å². The fourth-order valence-electron chi connectivity index (χ4n) is 6.19. The first-order chi connectivity index (χ1) is 26.0. The fourth-order valence-corrected chi connectivity index (χ4v) is 7.16. The first-order valence-corrected chi connectivity index (χ1v) is 22.3. The summed E-state index contributed by atoms with van der Waals surface area (Å²) in [7, 11) is -5.02. The zero-order chi connectivity index (χ0) is 39.9. The van der Waals surface area contributed by atoms with Crippen molar-refractivity contribution in [2.45, 2.75) is 198 Å². The summed E-state index contributed by atoms with van der Waals surface area (Å²) in [5, 5.41) is 50.0. The van der Waals surface area contributed by atoms with Gasteiger partial charge in [0.15, 0.2) is 0 Å². The van der Waals surface area contributed by atoms with Crippen LogP contribution in [0.1, 0.15) is 155 Å². The van der Waals surface area contributed by atoms with Gasteiger partial charge in [0.1, 0.15) is 42.7 Å². The molecule has 1 rings (SSSR count). The molecule has 0 aromatic heterocycles. The average Bonchev–Trinajstić information content (AvgIpc) is 3.15. The molecule has 0 bridgehead atoms. The minimum Gasteiger partial charge on any atom is -0.457 e. The van der Waals surface area contributed by atoms with Gasteiger partial charge in [-0.15, -0.1) is 0 Å². The number of aliphatic hydroxyl groups is 5. The Morgan fingerprint density at radius 2 is 1.09 bits per heavy atom. The van der Waals surface area contributed by atoms with Gasteiger partial charge in [-0.2, -0.15) is 0 Å². The molecule has 0 aromatic carbocycles. The van der Waals surface area contributed by atoms with Crippen molar-refractivity contribution in [3.05, 3.63) is 36.5 Å². The van der Waals surface area contributed by atoms with E-state index >= 15 is 0 Å². The second-order valence-electron chi connectivity index (χ2n) is 14.5. The lowest BCUT2D eigenvalue weighted by Crippen LogP contribution is -2.64. The van der Waals surface area contributed by atoms with Crippen molar-refractivity contribution in [2.24, 2.45) is 0 Å². The molecule has 0 aliphatic heterocycles. The van der Waals surface area contributed by atoms with Crippen LogP contribution in [0.2, 0.25) is 0 Å². The Bertz CT molecular complexity index is 1040. The van der Waals surface area contributed by atoms with E-state index in [9.17, 15) is 39.8 Å². The van der Waals surface area contributed by atoms with Crippen LogP contribution in [0, 0.1) is 0 Å². The molecule has 1 aliphatic rings. The third kappa shape index (κ3) is 24.9. The maximum absolute atomic E-state index is 12.8. The SMILES string of the molecule is CC/C=C\C/C=C\C/C=C\CCCCCC(=O)OC(COCCCCCCCCCCCCCCCC)COP(=O)(O)OC1C(O)C(O)C(O)C(O)C1O. The van der Waals surface area contributed by atoms with Crippen molar-refractivity contribution in [1.82, 2.24) is 0 Å². The lowest BCUT2D eigenvalue weighted by atomic mass is 9.85. The molecule has 0 spiro atoms. The standard InChI is InChI=1S/C41H75O12P/c1-3-5-7-9-11-13-15-17-19-21-23-25-27-29-31-50-32-34(33-51-54(48,49)53-41-39(46)37(44)36(43)38(45)40(41)47)52-35(42)30-28-26-24-22-20-18-16-14-12-10-8-6-4-2/h6,8,12,14,18,20,34,36-41,43-47H,3-5,7,9-11,13,15-17,19,21-33H2,1-2H3,(H,48,49)/b8-6-,14-12-,20-18-. The third-order valence-corrected chi connectivity index (χ3v) is 10.5. The molecule has 54 heavy (non-hydrogen) atoms. The van der Waals surface area contributed by atoms with Crippen molar-refractivity contribution < 1.29 is 58.3 Å². The van der Waals surface area contributed by atoms with Crippen LogP contribution >= 0.6 is 7.82 Å². The smallest absolute Gasteiger partial charge is 0.457 e. The molecule has 0 saturated heterocycles. The van der Waals surface area contributed by atoms with Crippen LogP contribution < -0.4 is 0 Å². The van der Waals surface area contributed by atoms with Gasteiger partial charge in [0, 0.05) is 13.0 Å². The molecule has 6 atom stereocenters. The highest BCUT2D eigenvalue weighted by molar-refractivity contribution is 7.47. The first kappa shape index (κ1) is 50.6. The Morgan fingerprint density at radius 1 is 0.611 bits per heavy atom. The highest BCUT2D eigenvalue weighted by Crippen LogP contribution is 2.47. The van der Waals surface area contributed by atoms with Crippen LogP contribution in [0.3, 0.4) is 0 Å². The van der Waals surface area contributed by atoms with Gasteiger partial charge < -0.3 is 39.9 Å². The molecule has 6 N–H and O–H groups in total. The van der Waals surface area contributed by atoms with E-state index in [1.54, 1.807) is 0 Å². The van der Waals surface area contributed by atoms with Crippen molar-refractivity contribution in [3.63, 3.8) is 0 Å². The first-order valence-electron chi connectivity index (χ1n) is 20.8. The molecule has 13 heteroatoms. The van der Waals surface area contributed by atoms with E-state index in [2.05, 4.69) is 50.3 Å². The molecule has 1 fully saturated rings. The second-order valence-corrected chi connectivity index (χ2v) is 15.9. The number of phosphoric ester groups is 1.